The van der Waals surface area contributed by atoms with Gasteiger partial charge in [-0.3, -0.25) is 9.48 Å². The van der Waals surface area contributed by atoms with Crippen molar-refractivity contribution in [1.82, 2.24) is 19.6 Å². The smallest absolute Gasteiger partial charge is 0.257 e. The van der Waals surface area contributed by atoms with Gasteiger partial charge in [0.05, 0.1) is 11.8 Å². The van der Waals surface area contributed by atoms with Crippen LogP contribution in [-0.4, -0.2) is 58.2 Å². The third-order valence-electron chi connectivity index (χ3n) is 4.55. The van der Waals surface area contributed by atoms with Crippen LogP contribution in [0.4, 0.5) is 0 Å². The maximum atomic E-state index is 12.6. The molecule has 1 aliphatic carbocycles. The molecule has 1 aromatic heterocycles. The molecule has 0 aromatic carbocycles. The van der Waals surface area contributed by atoms with Gasteiger partial charge in [-0.15, -0.1) is 0 Å². The number of nitrogens with zero attached hydrogens (tertiary/aromatic N) is 4. The summed E-state index contributed by atoms with van der Waals surface area (Å²) in [6, 6.07) is 0. The lowest BCUT2D eigenvalue weighted by Crippen LogP contribution is -2.35. The molecule has 0 spiro atoms. The second kappa shape index (κ2) is 5.56. The normalized spacial score (nSPS) is 21.0. The van der Waals surface area contributed by atoms with Gasteiger partial charge in [-0.2, -0.15) is 5.10 Å². The van der Waals surface area contributed by atoms with Crippen molar-refractivity contribution in [3.05, 3.63) is 17.5 Å². The summed E-state index contributed by atoms with van der Waals surface area (Å²) in [6.07, 6.45) is 5.57. The highest BCUT2D eigenvalue weighted by Gasteiger charge is 2.27. The Morgan fingerprint density at radius 2 is 2.10 bits per heavy atom. The van der Waals surface area contributed by atoms with Crippen LogP contribution in [0.15, 0.2) is 6.20 Å². The summed E-state index contributed by atoms with van der Waals surface area (Å²) in [5, 5.41) is 4.18. The van der Waals surface area contributed by atoms with E-state index >= 15 is 0 Å². The van der Waals surface area contributed by atoms with Gasteiger partial charge in [-0.1, -0.05) is 0 Å². The van der Waals surface area contributed by atoms with Crippen molar-refractivity contribution in [3.8, 4) is 0 Å². The Bertz CT molecular complexity index is 492. The highest BCUT2D eigenvalue weighted by Crippen LogP contribution is 2.30. The molecule has 3 rings (SSSR count). The second-order valence-electron chi connectivity index (χ2n) is 6.16. The van der Waals surface area contributed by atoms with E-state index in [0.717, 1.165) is 49.8 Å². The fourth-order valence-electron chi connectivity index (χ4n) is 2.90. The molecule has 20 heavy (non-hydrogen) atoms. The van der Waals surface area contributed by atoms with Gasteiger partial charge in [-0.05, 0) is 38.6 Å². The summed E-state index contributed by atoms with van der Waals surface area (Å²) in [4.78, 5) is 17.1. The molecule has 5 heteroatoms. The van der Waals surface area contributed by atoms with Gasteiger partial charge in [0.1, 0.15) is 0 Å². The summed E-state index contributed by atoms with van der Waals surface area (Å²) in [5.74, 6) is 1.07. The summed E-state index contributed by atoms with van der Waals surface area (Å²) < 4.78 is 1.77. The Balaban J connectivity index is 1.62. The highest BCUT2D eigenvalue weighted by molar-refractivity contribution is 5.95. The minimum absolute atomic E-state index is 0.142. The third-order valence-corrected chi connectivity index (χ3v) is 4.55. The molecular weight excluding hydrogens is 252 g/mol. The molecule has 0 unspecified atom stereocenters. The molecule has 1 saturated carbocycles. The van der Waals surface area contributed by atoms with E-state index in [0.29, 0.717) is 0 Å². The van der Waals surface area contributed by atoms with Crippen LogP contribution >= 0.6 is 0 Å². The minimum atomic E-state index is 0.142. The molecule has 2 heterocycles. The van der Waals surface area contributed by atoms with Gasteiger partial charge >= 0.3 is 0 Å². The first-order chi connectivity index (χ1) is 9.65. The predicted molar refractivity (Wildman–Crippen MR) is 77.6 cm³/mol. The maximum Gasteiger partial charge on any atom is 0.257 e. The van der Waals surface area contributed by atoms with E-state index in [1.165, 1.54) is 19.4 Å². The molecule has 0 bridgehead atoms. The van der Waals surface area contributed by atoms with Crippen LogP contribution in [-0.2, 0) is 7.05 Å². The number of hydrogen-bond acceptors (Lipinski definition) is 3. The van der Waals surface area contributed by atoms with Gasteiger partial charge in [0.2, 0.25) is 0 Å². The van der Waals surface area contributed by atoms with E-state index in [4.69, 9.17) is 0 Å². The lowest BCUT2D eigenvalue weighted by molar-refractivity contribution is 0.0760. The molecule has 1 saturated heterocycles. The zero-order valence-electron chi connectivity index (χ0n) is 12.5. The lowest BCUT2D eigenvalue weighted by Gasteiger charge is -2.21. The van der Waals surface area contributed by atoms with Crippen LogP contribution in [0.2, 0.25) is 0 Å². The first kappa shape index (κ1) is 13.6. The molecule has 0 atom stereocenters. The molecule has 5 nitrogen and oxygen atoms in total. The largest absolute Gasteiger partial charge is 0.337 e. The van der Waals surface area contributed by atoms with Gasteiger partial charge in [0.25, 0.3) is 5.91 Å². The fraction of sp³-hybridized carbons (Fsp3) is 0.733. The minimum Gasteiger partial charge on any atom is -0.337 e. The van der Waals surface area contributed by atoms with E-state index in [2.05, 4.69) is 10.00 Å². The lowest BCUT2D eigenvalue weighted by atomic mass is 10.2. The number of aryl methyl sites for hydroxylation is 1. The monoisotopic (exact) mass is 276 g/mol. The van der Waals surface area contributed by atoms with Gasteiger partial charge < -0.3 is 9.80 Å². The molecule has 1 amide bonds. The van der Waals surface area contributed by atoms with Crippen LogP contribution < -0.4 is 0 Å². The second-order valence-corrected chi connectivity index (χ2v) is 6.16. The van der Waals surface area contributed by atoms with Crippen molar-refractivity contribution in [2.75, 3.05) is 32.7 Å². The fourth-order valence-corrected chi connectivity index (χ4v) is 2.90. The number of carbonyl (C=O) groups excluding carboxylic acids is 1. The average Bonchev–Trinajstić information content (AvgIpc) is 3.22. The van der Waals surface area contributed by atoms with Crippen LogP contribution in [0.5, 0.6) is 0 Å². The topological polar surface area (TPSA) is 41.4 Å². The van der Waals surface area contributed by atoms with E-state index in [9.17, 15) is 4.79 Å². The van der Waals surface area contributed by atoms with Gasteiger partial charge in [0.15, 0.2) is 0 Å². The van der Waals surface area contributed by atoms with Crippen molar-refractivity contribution in [2.45, 2.75) is 26.2 Å². The number of aromatic nitrogens is 2. The van der Waals surface area contributed by atoms with Gasteiger partial charge in [0, 0.05) is 38.9 Å². The average molecular weight is 276 g/mol. The van der Waals surface area contributed by atoms with Gasteiger partial charge in [-0.25, -0.2) is 0 Å². The number of hydrogen-bond donors (Lipinski definition) is 0. The maximum absolute atomic E-state index is 12.6. The van der Waals surface area contributed by atoms with E-state index < -0.39 is 0 Å². The highest BCUT2D eigenvalue weighted by atomic mass is 16.2. The molecule has 1 aliphatic heterocycles. The van der Waals surface area contributed by atoms with E-state index in [-0.39, 0.29) is 5.91 Å². The van der Waals surface area contributed by atoms with Crippen LogP contribution in [0, 0.1) is 12.8 Å². The zero-order chi connectivity index (χ0) is 14.1. The zero-order valence-corrected chi connectivity index (χ0v) is 12.5. The quantitative estimate of drug-likeness (QED) is 0.835. The number of amides is 1. The molecule has 0 radical (unpaired) electrons. The van der Waals surface area contributed by atoms with Crippen LogP contribution in [0.3, 0.4) is 0 Å². The Hall–Kier alpha value is -1.36. The summed E-state index contributed by atoms with van der Waals surface area (Å²) >= 11 is 0. The van der Waals surface area contributed by atoms with Crippen molar-refractivity contribution in [1.29, 1.82) is 0 Å². The molecule has 0 N–H and O–H groups in total. The molecule has 2 fully saturated rings. The van der Waals surface area contributed by atoms with Crippen molar-refractivity contribution in [3.63, 3.8) is 0 Å². The Morgan fingerprint density at radius 1 is 1.30 bits per heavy atom. The Morgan fingerprint density at radius 3 is 2.75 bits per heavy atom. The standard InChI is InChI=1S/C15H24N4O/c1-12-14(10-16-17(12)2)15(20)19-7-3-6-18(8-9-19)11-13-4-5-13/h10,13H,3-9,11H2,1-2H3. The summed E-state index contributed by atoms with van der Waals surface area (Å²) in [5.41, 5.74) is 1.71. The van der Waals surface area contributed by atoms with Crippen LogP contribution in [0.25, 0.3) is 0 Å². The van der Waals surface area contributed by atoms with Crippen molar-refractivity contribution >= 4 is 5.91 Å². The summed E-state index contributed by atoms with van der Waals surface area (Å²) in [7, 11) is 1.88. The Kier molecular flexibility index (Phi) is 3.78. The van der Waals surface area contributed by atoms with Crippen LogP contribution in [0.1, 0.15) is 35.3 Å². The number of rotatable bonds is 3. The predicted octanol–water partition coefficient (Wildman–Crippen LogP) is 1.29. The SMILES string of the molecule is Cc1c(C(=O)N2CCCN(CC3CC3)CC2)cnn1C. The Labute approximate surface area is 120 Å². The molecule has 1 aromatic rings. The first-order valence-electron chi connectivity index (χ1n) is 7.65. The van der Waals surface area contributed by atoms with E-state index in [1.807, 2.05) is 18.9 Å². The van der Waals surface area contributed by atoms with Crippen molar-refractivity contribution < 1.29 is 4.79 Å². The van der Waals surface area contributed by atoms with E-state index in [1.54, 1.807) is 10.9 Å². The first-order valence-corrected chi connectivity index (χ1v) is 7.65. The third kappa shape index (κ3) is 2.87. The number of carbonyl (C=O) groups is 1. The van der Waals surface area contributed by atoms with Crippen molar-refractivity contribution in [2.24, 2.45) is 13.0 Å². The molecular formula is C15H24N4O. The molecule has 110 valence electrons. The molecule has 2 aliphatic rings. The summed E-state index contributed by atoms with van der Waals surface area (Å²) in [6.45, 7) is 7.05.